The second kappa shape index (κ2) is 14.8. The Bertz CT molecular complexity index is 1880. The van der Waals surface area contributed by atoms with E-state index in [1.807, 2.05) is 73.8 Å². The first-order valence-electron chi connectivity index (χ1n) is 13.6. The monoisotopic (exact) mass is 765 g/mol. The molecule has 8 nitrogen and oxygen atoms in total. The number of carbonyl (C=O) groups is 2. The van der Waals surface area contributed by atoms with Crippen molar-refractivity contribution in [3.8, 4) is 17.0 Å². The molecule has 0 fully saturated rings. The third kappa shape index (κ3) is 8.79. The molecule has 0 saturated heterocycles. The molecular formula is C33H26Br2ClN5O3S. The van der Waals surface area contributed by atoms with E-state index in [-0.39, 0.29) is 18.4 Å². The number of aryl methyl sites for hydroxylation is 2. The first kappa shape index (κ1) is 32.4. The molecule has 0 spiro atoms. The summed E-state index contributed by atoms with van der Waals surface area (Å²) >= 11 is 14.4. The number of carbonyl (C=O) groups excluding carboxylic acids is 2. The molecule has 0 saturated carbocycles. The van der Waals surface area contributed by atoms with E-state index < -0.39 is 0 Å². The zero-order valence-corrected chi connectivity index (χ0v) is 28.8. The van der Waals surface area contributed by atoms with E-state index in [0.29, 0.717) is 26.4 Å². The van der Waals surface area contributed by atoms with Gasteiger partial charge in [0.1, 0.15) is 5.75 Å². The van der Waals surface area contributed by atoms with Gasteiger partial charge in [0.2, 0.25) is 0 Å². The highest BCUT2D eigenvalue weighted by atomic mass is 79.9. The van der Waals surface area contributed by atoms with E-state index in [1.54, 1.807) is 24.3 Å². The molecule has 4 aromatic carbocycles. The van der Waals surface area contributed by atoms with Gasteiger partial charge in [-0.15, -0.1) is 11.3 Å². The number of ether oxygens (including phenoxy) is 1. The average Bonchev–Trinajstić information content (AvgIpc) is 3.48. The van der Waals surface area contributed by atoms with Crippen LogP contribution in [0.25, 0.3) is 11.3 Å². The van der Waals surface area contributed by atoms with Gasteiger partial charge in [-0.2, -0.15) is 5.10 Å². The summed E-state index contributed by atoms with van der Waals surface area (Å²) in [5.74, 6) is -0.277. The Morgan fingerprint density at radius 1 is 1.00 bits per heavy atom. The molecule has 0 atom stereocenters. The summed E-state index contributed by atoms with van der Waals surface area (Å²) in [6.45, 7) is 3.67. The minimum atomic E-state index is -0.384. The van der Waals surface area contributed by atoms with Gasteiger partial charge in [0.15, 0.2) is 11.7 Å². The van der Waals surface area contributed by atoms with Crippen LogP contribution in [-0.2, 0) is 4.79 Å². The molecule has 0 aliphatic carbocycles. The van der Waals surface area contributed by atoms with Crippen molar-refractivity contribution in [3.05, 3.63) is 120 Å². The number of hydrogen-bond acceptors (Lipinski definition) is 7. The Kier molecular flexibility index (Phi) is 10.7. The maximum absolute atomic E-state index is 12.8. The predicted molar refractivity (Wildman–Crippen MR) is 189 cm³/mol. The lowest BCUT2D eigenvalue weighted by Gasteiger charge is -2.13. The van der Waals surface area contributed by atoms with Crippen molar-refractivity contribution in [1.82, 2.24) is 10.4 Å². The van der Waals surface area contributed by atoms with Gasteiger partial charge in [-0.3, -0.25) is 9.59 Å². The smallest absolute Gasteiger partial charge is 0.271 e. The van der Waals surface area contributed by atoms with E-state index >= 15 is 0 Å². The number of aromatic nitrogens is 1. The first-order valence-corrected chi connectivity index (χ1v) is 16.4. The summed E-state index contributed by atoms with van der Waals surface area (Å²) < 4.78 is 7.25. The number of halogens is 3. The second-order valence-electron chi connectivity index (χ2n) is 9.91. The van der Waals surface area contributed by atoms with Crippen molar-refractivity contribution in [2.24, 2.45) is 5.10 Å². The van der Waals surface area contributed by atoms with Gasteiger partial charge < -0.3 is 15.4 Å². The quantitative estimate of drug-likeness (QED) is 0.0972. The van der Waals surface area contributed by atoms with Gasteiger partial charge in [-0.05, 0) is 95.5 Å². The molecule has 0 aliphatic heterocycles. The fourth-order valence-corrected chi connectivity index (χ4v) is 6.40. The van der Waals surface area contributed by atoms with Gasteiger partial charge in [0, 0.05) is 42.9 Å². The molecular weight excluding hydrogens is 742 g/mol. The summed E-state index contributed by atoms with van der Waals surface area (Å²) in [6.07, 6.45) is 1.46. The number of nitrogens with one attached hydrogen (secondary N) is 3. The zero-order chi connectivity index (χ0) is 31.9. The van der Waals surface area contributed by atoms with Gasteiger partial charge in [-0.1, -0.05) is 51.8 Å². The maximum Gasteiger partial charge on any atom is 0.271 e. The standard InChI is InChI=1S/C33H26Br2ClN5O3S/c1-19-3-4-20(2)28(13-19)39-30(42)17-44-31-23(14-24(34)15-27(31)35)16-37-41-32(43)22-7-5-21(6-8-22)29-18-45-33(40-29)38-26-11-9-25(36)10-12-26/h3-16,18H,17H2,1-2H3,(H,38,40)(H,39,42)(H,41,43)/b37-16-. The summed E-state index contributed by atoms with van der Waals surface area (Å²) in [7, 11) is 0. The summed E-state index contributed by atoms with van der Waals surface area (Å²) in [6, 6.07) is 23.9. The first-order chi connectivity index (χ1) is 21.6. The number of benzene rings is 4. The Labute approximate surface area is 286 Å². The van der Waals surface area contributed by atoms with Crippen LogP contribution in [0, 0.1) is 13.8 Å². The SMILES string of the molecule is Cc1ccc(C)c(NC(=O)COc2c(Br)cc(Br)cc2/C=N\NC(=O)c2ccc(-c3csc(Nc4ccc(Cl)cc4)n3)cc2)c1. The second-order valence-corrected chi connectivity index (χ2v) is 13.0. The van der Waals surface area contributed by atoms with Gasteiger partial charge in [-0.25, -0.2) is 10.4 Å². The lowest BCUT2D eigenvalue weighted by atomic mass is 10.1. The van der Waals surface area contributed by atoms with Crippen molar-refractivity contribution >= 4 is 89.3 Å². The van der Waals surface area contributed by atoms with Gasteiger partial charge in [0.05, 0.1) is 16.4 Å². The molecule has 1 aromatic heterocycles. The number of hydrazone groups is 1. The number of amides is 2. The normalized spacial score (nSPS) is 11.0. The van der Waals surface area contributed by atoms with Crippen molar-refractivity contribution in [1.29, 1.82) is 0 Å². The number of anilines is 3. The van der Waals surface area contributed by atoms with Crippen LogP contribution in [-0.4, -0.2) is 29.6 Å². The van der Waals surface area contributed by atoms with Crippen LogP contribution in [0.15, 0.2) is 98.3 Å². The van der Waals surface area contributed by atoms with Crippen molar-refractivity contribution < 1.29 is 14.3 Å². The molecule has 3 N–H and O–H groups in total. The molecule has 45 heavy (non-hydrogen) atoms. The van der Waals surface area contributed by atoms with E-state index in [4.69, 9.17) is 16.3 Å². The molecule has 0 bridgehead atoms. The highest BCUT2D eigenvalue weighted by Gasteiger charge is 2.13. The number of hydrogen-bond donors (Lipinski definition) is 3. The van der Waals surface area contributed by atoms with Crippen LogP contribution in [0.5, 0.6) is 5.75 Å². The average molecular weight is 768 g/mol. The molecule has 0 radical (unpaired) electrons. The summed E-state index contributed by atoms with van der Waals surface area (Å²) in [5.41, 5.74) is 8.82. The van der Waals surface area contributed by atoms with E-state index in [2.05, 4.69) is 58.0 Å². The molecule has 0 unspecified atom stereocenters. The number of nitrogens with zero attached hydrogens (tertiary/aromatic N) is 2. The molecule has 5 rings (SSSR count). The third-order valence-corrected chi connectivity index (χ3v) is 8.52. The van der Waals surface area contributed by atoms with Crippen LogP contribution < -0.4 is 20.8 Å². The Balaban J connectivity index is 1.19. The van der Waals surface area contributed by atoms with Crippen LogP contribution in [0.1, 0.15) is 27.0 Å². The summed E-state index contributed by atoms with van der Waals surface area (Å²) in [5, 5.41) is 13.6. The third-order valence-electron chi connectivity index (χ3n) is 6.46. The fourth-order valence-electron chi connectivity index (χ4n) is 4.16. The van der Waals surface area contributed by atoms with Crippen molar-refractivity contribution in [2.45, 2.75) is 13.8 Å². The molecule has 1 heterocycles. The lowest BCUT2D eigenvalue weighted by molar-refractivity contribution is -0.118. The van der Waals surface area contributed by atoms with Crippen LogP contribution in [0.3, 0.4) is 0 Å². The van der Waals surface area contributed by atoms with E-state index in [1.165, 1.54) is 17.6 Å². The zero-order valence-electron chi connectivity index (χ0n) is 24.0. The highest BCUT2D eigenvalue weighted by Crippen LogP contribution is 2.32. The predicted octanol–water partition coefficient (Wildman–Crippen LogP) is 9.13. The minimum absolute atomic E-state index is 0.217. The largest absolute Gasteiger partial charge is 0.482 e. The lowest BCUT2D eigenvalue weighted by Crippen LogP contribution is -2.21. The van der Waals surface area contributed by atoms with Gasteiger partial charge >= 0.3 is 0 Å². The number of thiazole rings is 1. The fraction of sp³-hybridized carbons (Fsp3) is 0.0909. The van der Waals surface area contributed by atoms with Crippen LogP contribution in [0.4, 0.5) is 16.5 Å². The summed E-state index contributed by atoms with van der Waals surface area (Å²) in [4.78, 5) is 30.1. The van der Waals surface area contributed by atoms with Crippen LogP contribution >= 0.6 is 54.8 Å². The maximum atomic E-state index is 12.8. The molecule has 2 amide bonds. The highest BCUT2D eigenvalue weighted by molar-refractivity contribution is 9.11. The molecule has 5 aromatic rings. The van der Waals surface area contributed by atoms with E-state index in [0.717, 1.165) is 43.4 Å². The minimum Gasteiger partial charge on any atom is -0.482 e. The van der Waals surface area contributed by atoms with Crippen molar-refractivity contribution in [2.75, 3.05) is 17.2 Å². The van der Waals surface area contributed by atoms with Crippen LogP contribution in [0.2, 0.25) is 5.02 Å². The Morgan fingerprint density at radius 2 is 1.76 bits per heavy atom. The molecule has 228 valence electrons. The molecule has 0 aliphatic rings. The Hall–Kier alpha value is -4.03. The van der Waals surface area contributed by atoms with E-state index in [9.17, 15) is 9.59 Å². The topological polar surface area (TPSA) is 105 Å². The Morgan fingerprint density at radius 3 is 2.51 bits per heavy atom. The van der Waals surface area contributed by atoms with Crippen molar-refractivity contribution in [3.63, 3.8) is 0 Å². The van der Waals surface area contributed by atoms with Gasteiger partial charge in [0.25, 0.3) is 11.8 Å². The molecule has 12 heteroatoms. The number of rotatable bonds is 10.